The first kappa shape index (κ1) is 18.6. The van der Waals surface area contributed by atoms with E-state index < -0.39 is 5.91 Å². The van der Waals surface area contributed by atoms with Crippen molar-refractivity contribution >= 4 is 5.91 Å². The molecule has 0 bridgehead atoms. The number of rotatable bonds is 5. The fourth-order valence-electron chi connectivity index (χ4n) is 3.57. The minimum absolute atomic E-state index is 0.189. The second kappa shape index (κ2) is 7.58. The smallest absolute Gasteiger partial charge is 0.248 e. The van der Waals surface area contributed by atoms with E-state index in [-0.39, 0.29) is 5.82 Å². The fourth-order valence-corrected chi connectivity index (χ4v) is 3.57. The van der Waals surface area contributed by atoms with Crippen molar-refractivity contribution in [2.75, 3.05) is 0 Å². The summed E-state index contributed by atoms with van der Waals surface area (Å²) >= 11 is 0. The van der Waals surface area contributed by atoms with Gasteiger partial charge in [0.05, 0.1) is 0 Å². The van der Waals surface area contributed by atoms with Crippen molar-refractivity contribution in [1.82, 2.24) is 5.32 Å². The van der Waals surface area contributed by atoms with Crippen molar-refractivity contribution in [2.24, 2.45) is 11.1 Å². The van der Waals surface area contributed by atoms with E-state index in [1.807, 2.05) is 18.2 Å². The molecule has 2 aromatic carbocycles. The first-order valence-electron chi connectivity index (χ1n) is 9.26. The first-order valence-corrected chi connectivity index (χ1v) is 9.26. The van der Waals surface area contributed by atoms with Crippen LogP contribution in [0, 0.1) is 11.2 Å². The Morgan fingerprint density at radius 1 is 1.12 bits per heavy atom. The average molecular weight is 354 g/mol. The zero-order valence-corrected chi connectivity index (χ0v) is 15.5. The molecule has 1 aliphatic carbocycles. The maximum Gasteiger partial charge on any atom is 0.248 e. The highest BCUT2D eigenvalue weighted by atomic mass is 19.1. The number of amides is 1. The van der Waals surface area contributed by atoms with Crippen molar-refractivity contribution in [1.29, 1.82) is 0 Å². The Balaban J connectivity index is 1.69. The molecule has 0 atom stereocenters. The van der Waals surface area contributed by atoms with Gasteiger partial charge in [0.25, 0.3) is 0 Å². The lowest BCUT2D eigenvalue weighted by Gasteiger charge is -2.34. The second-order valence-corrected chi connectivity index (χ2v) is 8.07. The molecule has 1 amide bonds. The third-order valence-electron chi connectivity index (χ3n) is 5.47. The summed E-state index contributed by atoms with van der Waals surface area (Å²) in [5.74, 6) is -0.637. The van der Waals surface area contributed by atoms with Crippen LogP contribution in [0.3, 0.4) is 0 Å². The molecule has 1 aliphatic rings. The molecule has 4 heteroatoms. The van der Waals surface area contributed by atoms with Crippen LogP contribution in [0.4, 0.5) is 4.39 Å². The van der Waals surface area contributed by atoms with Crippen LogP contribution in [0.15, 0.2) is 42.5 Å². The van der Waals surface area contributed by atoms with Gasteiger partial charge in [0, 0.05) is 23.7 Å². The highest BCUT2D eigenvalue weighted by Crippen LogP contribution is 2.35. The largest absolute Gasteiger partial charge is 0.366 e. The molecule has 1 saturated carbocycles. The van der Waals surface area contributed by atoms with Crippen LogP contribution in [0.2, 0.25) is 0 Å². The topological polar surface area (TPSA) is 55.1 Å². The van der Waals surface area contributed by atoms with Gasteiger partial charge in [0.1, 0.15) is 5.82 Å². The zero-order chi connectivity index (χ0) is 18.7. The second-order valence-electron chi connectivity index (χ2n) is 8.07. The summed E-state index contributed by atoms with van der Waals surface area (Å²) < 4.78 is 14.2. The van der Waals surface area contributed by atoms with Gasteiger partial charge in [-0.15, -0.1) is 0 Å². The lowest BCUT2D eigenvalue weighted by atomic mass is 9.75. The van der Waals surface area contributed by atoms with Gasteiger partial charge in [-0.25, -0.2) is 4.39 Å². The lowest BCUT2D eigenvalue weighted by Crippen LogP contribution is -2.35. The highest BCUT2D eigenvalue weighted by molar-refractivity contribution is 5.93. The molecule has 1 fully saturated rings. The Hall–Kier alpha value is -2.20. The minimum atomic E-state index is -0.448. The number of carbonyl (C=O) groups is 1. The van der Waals surface area contributed by atoms with E-state index >= 15 is 0 Å². The number of hydrogen-bond acceptors (Lipinski definition) is 2. The number of hydrogen-bond donors (Lipinski definition) is 2. The summed E-state index contributed by atoms with van der Waals surface area (Å²) in [4.78, 5) is 11.2. The third kappa shape index (κ3) is 4.50. The molecule has 0 spiro atoms. The van der Waals surface area contributed by atoms with Gasteiger partial charge in [-0.3, -0.25) is 4.79 Å². The van der Waals surface area contributed by atoms with Crippen LogP contribution >= 0.6 is 0 Å². The number of carbonyl (C=O) groups excluding carboxylic acids is 1. The number of primary amides is 1. The Labute approximate surface area is 154 Å². The molecule has 26 heavy (non-hydrogen) atoms. The van der Waals surface area contributed by atoms with Crippen LogP contribution in [-0.4, -0.2) is 11.9 Å². The normalized spacial score (nSPS) is 17.2. The molecule has 3 rings (SSSR count). The highest BCUT2D eigenvalue weighted by Gasteiger charge is 2.26. The van der Waals surface area contributed by atoms with Crippen molar-refractivity contribution in [3.8, 4) is 11.1 Å². The molecular formula is C22H27FN2O. The molecule has 0 saturated heterocycles. The Morgan fingerprint density at radius 2 is 1.73 bits per heavy atom. The summed E-state index contributed by atoms with van der Waals surface area (Å²) in [6, 6.07) is 12.7. The zero-order valence-electron chi connectivity index (χ0n) is 15.5. The summed E-state index contributed by atoms with van der Waals surface area (Å²) in [5.41, 5.74) is 8.73. The van der Waals surface area contributed by atoms with Gasteiger partial charge < -0.3 is 11.1 Å². The molecule has 0 aliphatic heterocycles. The minimum Gasteiger partial charge on any atom is -0.366 e. The molecule has 3 N–H and O–H groups in total. The maximum absolute atomic E-state index is 14.2. The van der Waals surface area contributed by atoms with E-state index in [0.717, 1.165) is 24.0 Å². The average Bonchev–Trinajstić information content (AvgIpc) is 2.62. The van der Waals surface area contributed by atoms with E-state index in [2.05, 4.69) is 19.2 Å². The third-order valence-corrected chi connectivity index (χ3v) is 5.47. The molecule has 3 nitrogen and oxygen atoms in total. The summed E-state index contributed by atoms with van der Waals surface area (Å²) in [5, 5.41) is 3.52. The van der Waals surface area contributed by atoms with E-state index in [4.69, 9.17) is 5.73 Å². The van der Waals surface area contributed by atoms with Crippen LogP contribution < -0.4 is 11.1 Å². The first-order chi connectivity index (χ1) is 12.3. The number of benzene rings is 2. The summed E-state index contributed by atoms with van der Waals surface area (Å²) in [6.45, 7) is 5.16. The van der Waals surface area contributed by atoms with Crippen LogP contribution in [0.25, 0.3) is 11.1 Å². The van der Waals surface area contributed by atoms with Gasteiger partial charge >= 0.3 is 0 Å². The Kier molecular flexibility index (Phi) is 5.42. The van der Waals surface area contributed by atoms with E-state index in [9.17, 15) is 9.18 Å². The van der Waals surface area contributed by atoms with Crippen LogP contribution in [0.1, 0.15) is 55.5 Å². The predicted octanol–water partition coefficient (Wildman–Crippen LogP) is 4.65. The molecule has 0 heterocycles. The van der Waals surface area contributed by atoms with Gasteiger partial charge in [0.15, 0.2) is 0 Å². The van der Waals surface area contributed by atoms with Crippen molar-refractivity contribution in [3.63, 3.8) is 0 Å². The monoisotopic (exact) mass is 354 g/mol. The standard InChI is InChI=1S/C22H27FN2O/c1-22(2)11-9-19(10-12-22)25-14-18-13-17(7-8-20(18)23)15-3-5-16(6-4-15)21(24)26/h3-8,13,19,25H,9-12,14H2,1-2H3,(H2,24,26). The van der Waals surface area contributed by atoms with E-state index in [1.165, 1.54) is 18.9 Å². The summed E-state index contributed by atoms with van der Waals surface area (Å²) in [6.07, 6.45) is 4.70. The SMILES string of the molecule is CC1(C)CCC(NCc2cc(-c3ccc(C(N)=O)cc3)ccc2F)CC1. The number of nitrogens with two attached hydrogens (primary N) is 1. The van der Waals surface area contributed by atoms with E-state index in [0.29, 0.717) is 29.1 Å². The molecule has 138 valence electrons. The molecule has 0 radical (unpaired) electrons. The van der Waals surface area contributed by atoms with Crippen LogP contribution in [0.5, 0.6) is 0 Å². The number of halogens is 1. The lowest BCUT2D eigenvalue weighted by molar-refractivity contribution is 0.100. The quantitative estimate of drug-likeness (QED) is 0.821. The van der Waals surface area contributed by atoms with Crippen LogP contribution in [-0.2, 0) is 6.54 Å². The maximum atomic E-state index is 14.2. The van der Waals surface area contributed by atoms with Crippen molar-refractivity contribution < 1.29 is 9.18 Å². The predicted molar refractivity (Wildman–Crippen MR) is 103 cm³/mol. The van der Waals surface area contributed by atoms with Crippen molar-refractivity contribution in [3.05, 3.63) is 59.4 Å². The summed E-state index contributed by atoms with van der Waals surface area (Å²) in [7, 11) is 0. The molecule has 2 aromatic rings. The van der Waals surface area contributed by atoms with Crippen molar-refractivity contribution in [2.45, 2.75) is 52.1 Å². The fraction of sp³-hybridized carbons (Fsp3) is 0.409. The Morgan fingerprint density at radius 3 is 2.35 bits per heavy atom. The molecular weight excluding hydrogens is 327 g/mol. The van der Waals surface area contributed by atoms with Gasteiger partial charge in [-0.2, -0.15) is 0 Å². The van der Waals surface area contributed by atoms with Gasteiger partial charge in [0.2, 0.25) is 5.91 Å². The number of nitrogens with one attached hydrogen (secondary N) is 1. The van der Waals surface area contributed by atoms with Gasteiger partial charge in [-0.1, -0.05) is 32.0 Å². The molecule has 0 aromatic heterocycles. The van der Waals surface area contributed by atoms with Gasteiger partial charge in [-0.05, 0) is 66.5 Å². The van der Waals surface area contributed by atoms with E-state index in [1.54, 1.807) is 18.2 Å². The molecule has 0 unspecified atom stereocenters. The Bertz CT molecular complexity index is 773.